The Labute approximate surface area is 146 Å². The molecule has 25 heavy (non-hydrogen) atoms. The van der Waals surface area contributed by atoms with Gasteiger partial charge in [0.25, 0.3) is 11.6 Å². The Morgan fingerprint density at radius 3 is 2.64 bits per heavy atom. The zero-order chi connectivity index (χ0) is 18.2. The van der Waals surface area contributed by atoms with Crippen molar-refractivity contribution < 1.29 is 19.6 Å². The number of nitrogens with zero attached hydrogens (tertiary/aromatic N) is 3. The van der Waals surface area contributed by atoms with Crippen LogP contribution in [0, 0.1) is 10.1 Å². The number of rotatable bonds is 4. The van der Waals surface area contributed by atoms with Gasteiger partial charge in [-0.05, 0) is 31.9 Å². The second kappa shape index (κ2) is 6.25. The number of carboxylic acid groups (broad SMARTS) is 1. The molecule has 1 amide bonds. The van der Waals surface area contributed by atoms with Crippen LogP contribution in [0.15, 0.2) is 29.6 Å². The number of likely N-dealkylation sites (tertiary alicyclic amines) is 1. The number of carbonyl (C=O) groups excluding carboxylic acids is 1. The molecule has 1 aromatic carbocycles. The zero-order valence-corrected chi connectivity index (χ0v) is 14.2. The maximum absolute atomic E-state index is 12.7. The van der Waals surface area contributed by atoms with Crippen molar-refractivity contribution in [3.63, 3.8) is 0 Å². The third-order valence-corrected chi connectivity index (χ3v) is 5.29. The minimum absolute atomic E-state index is 0.0223. The average Bonchev–Trinajstić information content (AvgIpc) is 3.22. The highest BCUT2D eigenvalue weighted by Crippen LogP contribution is 2.32. The summed E-state index contributed by atoms with van der Waals surface area (Å²) in [6.07, 6.45) is 1.04. The molecule has 0 saturated carbocycles. The van der Waals surface area contributed by atoms with Crippen LogP contribution < -0.4 is 0 Å². The number of benzene rings is 1. The van der Waals surface area contributed by atoms with Gasteiger partial charge in [0.1, 0.15) is 16.2 Å². The van der Waals surface area contributed by atoms with E-state index in [1.54, 1.807) is 24.4 Å². The van der Waals surface area contributed by atoms with E-state index in [0.717, 1.165) is 0 Å². The standard InChI is InChI=1S/C16H15N3O5S/c1-16(15(21)22)7-2-8-18(16)14(20)12-9-25-13(17-12)10-3-5-11(6-4-10)19(23)24/h3-6,9H,2,7-8H2,1H3,(H,21,22). The molecule has 1 aromatic heterocycles. The van der Waals surface area contributed by atoms with Crippen LogP contribution in [-0.2, 0) is 4.79 Å². The minimum Gasteiger partial charge on any atom is -0.480 e. The molecular weight excluding hydrogens is 346 g/mol. The maximum Gasteiger partial charge on any atom is 0.329 e. The van der Waals surface area contributed by atoms with Crippen LogP contribution in [0.2, 0.25) is 0 Å². The van der Waals surface area contributed by atoms with Crippen molar-refractivity contribution >= 4 is 28.9 Å². The van der Waals surface area contributed by atoms with E-state index in [0.29, 0.717) is 30.0 Å². The van der Waals surface area contributed by atoms with Gasteiger partial charge in [-0.2, -0.15) is 0 Å². The highest BCUT2D eigenvalue weighted by molar-refractivity contribution is 7.13. The SMILES string of the molecule is CC1(C(=O)O)CCCN1C(=O)c1csc(-c2ccc([N+](=O)[O-])cc2)n1. The zero-order valence-electron chi connectivity index (χ0n) is 13.3. The first-order valence-electron chi connectivity index (χ1n) is 7.58. The molecule has 2 heterocycles. The molecular formula is C16H15N3O5S. The van der Waals surface area contributed by atoms with Gasteiger partial charge >= 0.3 is 5.97 Å². The number of aliphatic carboxylic acids is 1. The molecule has 8 nitrogen and oxygen atoms in total. The van der Waals surface area contributed by atoms with Crippen molar-refractivity contribution in [1.29, 1.82) is 0 Å². The fourth-order valence-electron chi connectivity index (χ4n) is 2.88. The summed E-state index contributed by atoms with van der Waals surface area (Å²) in [4.78, 5) is 40.0. The summed E-state index contributed by atoms with van der Waals surface area (Å²) in [7, 11) is 0. The molecule has 1 atom stereocenters. The first-order chi connectivity index (χ1) is 11.8. The lowest BCUT2D eigenvalue weighted by Crippen LogP contribution is -2.50. The summed E-state index contributed by atoms with van der Waals surface area (Å²) >= 11 is 1.24. The lowest BCUT2D eigenvalue weighted by molar-refractivity contribution is -0.384. The molecule has 1 saturated heterocycles. The molecule has 1 aliphatic rings. The van der Waals surface area contributed by atoms with Gasteiger partial charge in [-0.1, -0.05) is 0 Å². The van der Waals surface area contributed by atoms with Gasteiger partial charge in [-0.25, -0.2) is 9.78 Å². The first kappa shape index (κ1) is 17.0. The van der Waals surface area contributed by atoms with Crippen LogP contribution in [0.1, 0.15) is 30.3 Å². The molecule has 130 valence electrons. The first-order valence-corrected chi connectivity index (χ1v) is 8.46. The van der Waals surface area contributed by atoms with E-state index in [1.807, 2.05) is 0 Å². The Bertz CT molecular complexity index is 848. The lowest BCUT2D eigenvalue weighted by Gasteiger charge is -2.30. The van der Waals surface area contributed by atoms with Crippen LogP contribution in [0.25, 0.3) is 10.6 Å². The van der Waals surface area contributed by atoms with Gasteiger partial charge < -0.3 is 10.0 Å². The van der Waals surface area contributed by atoms with Crippen LogP contribution in [-0.4, -0.2) is 43.9 Å². The predicted molar refractivity (Wildman–Crippen MR) is 90.5 cm³/mol. The Kier molecular flexibility index (Phi) is 4.25. The summed E-state index contributed by atoms with van der Waals surface area (Å²) < 4.78 is 0. The molecule has 0 bridgehead atoms. The number of nitro groups is 1. The highest BCUT2D eigenvalue weighted by Gasteiger charge is 2.46. The van der Waals surface area contributed by atoms with Crippen LogP contribution in [0.4, 0.5) is 5.69 Å². The second-order valence-electron chi connectivity index (χ2n) is 5.98. The number of aromatic nitrogens is 1. The molecule has 1 fully saturated rings. The van der Waals surface area contributed by atoms with E-state index >= 15 is 0 Å². The van der Waals surface area contributed by atoms with Crippen molar-refractivity contribution in [3.8, 4) is 10.6 Å². The van der Waals surface area contributed by atoms with E-state index in [-0.39, 0.29) is 11.4 Å². The number of non-ortho nitro benzene ring substituents is 1. The smallest absolute Gasteiger partial charge is 0.329 e. The van der Waals surface area contributed by atoms with Crippen molar-refractivity contribution in [2.75, 3.05) is 6.54 Å². The van der Waals surface area contributed by atoms with Gasteiger partial charge in [-0.3, -0.25) is 14.9 Å². The molecule has 1 unspecified atom stereocenters. The van der Waals surface area contributed by atoms with Gasteiger partial charge in [-0.15, -0.1) is 11.3 Å². The van der Waals surface area contributed by atoms with Gasteiger partial charge in [0.05, 0.1) is 4.92 Å². The topological polar surface area (TPSA) is 114 Å². The number of thiazole rings is 1. The fraction of sp³-hybridized carbons (Fsp3) is 0.312. The van der Waals surface area contributed by atoms with E-state index in [2.05, 4.69) is 4.98 Å². The van der Waals surface area contributed by atoms with E-state index in [9.17, 15) is 24.8 Å². The minimum atomic E-state index is -1.21. The van der Waals surface area contributed by atoms with Crippen molar-refractivity contribution in [1.82, 2.24) is 9.88 Å². The van der Waals surface area contributed by atoms with Gasteiger partial charge in [0, 0.05) is 29.6 Å². The summed E-state index contributed by atoms with van der Waals surface area (Å²) in [5.74, 6) is -1.43. The normalized spacial score (nSPS) is 19.8. The number of nitro benzene ring substituents is 1. The average molecular weight is 361 g/mol. The third-order valence-electron chi connectivity index (χ3n) is 4.40. The van der Waals surface area contributed by atoms with Gasteiger partial charge in [0.2, 0.25) is 0 Å². The largest absolute Gasteiger partial charge is 0.480 e. The molecule has 1 aliphatic heterocycles. The number of hydrogen-bond donors (Lipinski definition) is 1. The highest BCUT2D eigenvalue weighted by atomic mass is 32.1. The molecule has 1 N–H and O–H groups in total. The molecule has 2 aromatic rings. The van der Waals surface area contributed by atoms with Crippen LogP contribution in [0.5, 0.6) is 0 Å². The van der Waals surface area contributed by atoms with Crippen molar-refractivity contribution in [2.45, 2.75) is 25.3 Å². The molecule has 0 aliphatic carbocycles. The number of carboxylic acids is 1. The Balaban J connectivity index is 1.85. The Morgan fingerprint density at radius 2 is 2.04 bits per heavy atom. The monoisotopic (exact) mass is 361 g/mol. The summed E-state index contributed by atoms with van der Waals surface area (Å²) in [6, 6.07) is 5.89. The van der Waals surface area contributed by atoms with Crippen molar-refractivity contribution in [2.24, 2.45) is 0 Å². The second-order valence-corrected chi connectivity index (χ2v) is 6.84. The summed E-state index contributed by atoms with van der Waals surface area (Å²) in [5.41, 5.74) is -0.385. The quantitative estimate of drug-likeness (QED) is 0.661. The fourth-order valence-corrected chi connectivity index (χ4v) is 3.68. The predicted octanol–water partition coefficient (Wildman–Crippen LogP) is 2.80. The molecule has 3 rings (SSSR count). The number of carbonyl (C=O) groups is 2. The Morgan fingerprint density at radius 1 is 1.36 bits per heavy atom. The maximum atomic E-state index is 12.7. The van der Waals surface area contributed by atoms with E-state index in [1.165, 1.54) is 28.4 Å². The molecule has 0 radical (unpaired) electrons. The lowest BCUT2D eigenvalue weighted by atomic mass is 9.99. The van der Waals surface area contributed by atoms with Crippen LogP contribution >= 0.6 is 11.3 Å². The molecule has 9 heteroatoms. The summed E-state index contributed by atoms with van der Waals surface area (Å²) in [6.45, 7) is 1.93. The number of hydrogen-bond acceptors (Lipinski definition) is 6. The van der Waals surface area contributed by atoms with Crippen molar-refractivity contribution in [3.05, 3.63) is 45.5 Å². The van der Waals surface area contributed by atoms with E-state index in [4.69, 9.17) is 0 Å². The summed E-state index contributed by atoms with van der Waals surface area (Å²) in [5, 5.41) is 22.3. The number of amides is 1. The third kappa shape index (κ3) is 2.98. The van der Waals surface area contributed by atoms with E-state index < -0.39 is 22.3 Å². The van der Waals surface area contributed by atoms with Crippen LogP contribution in [0.3, 0.4) is 0 Å². The van der Waals surface area contributed by atoms with Gasteiger partial charge in [0.15, 0.2) is 0 Å². The molecule has 0 spiro atoms. The Hall–Kier alpha value is -2.81.